The fourth-order valence-electron chi connectivity index (χ4n) is 2.27. The standard InChI is InChI=1S/C13H27N3O/c1-10(14)9-12(17)15-11-5-7-16(8-6-11)13(2,3)4/h10-11H,5-9,14H2,1-4H3,(H,15,17). The molecule has 100 valence electrons. The topological polar surface area (TPSA) is 58.4 Å². The summed E-state index contributed by atoms with van der Waals surface area (Å²) in [6, 6.07) is 0.282. The number of rotatable bonds is 3. The smallest absolute Gasteiger partial charge is 0.221 e. The van der Waals surface area contributed by atoms with E-state index in [2.05, 4.69) is 31.0 Å². The van der Waals surface area contributed by atoms with Crippen molar-refractivity contribution in [3.05, 3.63) is 0 Å². The summed E-state index contributed by atoms with van der Waals surface area (Å²) in [6.45, 7) is 10.7. The van der Waals surface area contributed by atoms with Gasteiger partial charge >= 0.3 is 0 Å². The fraction of sp³-hybridized carbons (Fsp3) is 0.923. The number of hydrogen-bond donors (Lipinski definition) is 2. The molecule has 0 aliphatic carbocycles. The molecule has 0 aromatic carbocycles. The first kappa shape index (κ1) is 14.5. The molecule has 17 heavy (non-hydrogen) atoms. The molecule has 0 aromatic heterocycles. The Bertz CT molecular complexity index is 250. The van der Waals surface area contributed by atoms with E-state index in [9.17, 15) is 4.79 Å². The summed E-state index contributed by atoms with van der Waals surface area (Å²) in [5, 5.41) is 3.08. The van der Waals surface area contributed by atoms with Crippen molar-refractivity contribution in [2.45, 2.75) is 64.6 Å². The zero-order valence-corrected chi connectivity index (χ0v) is 11.6. The summed E-state index contributed by atoms with van der Waals surface area (Å²) in [5.41, 5.74) is 5.85. The lowest BCUT2D eigenvalue weighted by molar-refractivity contribution is -0.122. The largest absolute Gasteiger partial charge is 0.353 e. The van der Waals surface area contributed by atoms with Gasteiger partial charge in [0.25, 0.3) is 0 Å². The first-order chi connectivity index (χ1) is 7.79. The van der Waals surface area contributed by atoms with E-state index >= 15 is 0 Å². The molecule has 1 amide bonds. The number of nitrogens with zero attached hydrogens (tertiary/aromatic N) is 1. The summed E-state index contributed by atoms with van der Waals surface area (Å²) in [7, 11) is 0. The Hall–Kier alpha value is -0.610. The van der Waals surface area contributed by atoms with E-state index < -0.39 is 0 Å². The van der Waals surface area contributed by atoms with E-state index in [0.29, 0.717) is 12.5 Å². The highest BCUT2D eigenvalue weighted by atomic mass is 16.1. The van der Waals surface area contributed by atoms with Gasteiger partial charge in [-0.1, -0.05) is 0 Å². The number of carbonyl (C=O) groups excluding carboxylic acids is 1. The number of likely N-dealkylation sites (tertiary alicyclic amines) is 1. The zero-order valence-electron chi connectivity index (χ0n) is 11.6. The van der Waals surface area contributed by atoms with Crippen LogP contribution in [-0.2, 0) is 4.79 Å². The Morgan fingerprint density at radius 3 is 2.35 bits per heavy atom. The van der Waals surface area contributed by atoms with Crippen LogP contribution in [0.5, 0.6) is 0 Å². The minimum atomic E-state index is -0.0512. The fourth-order valence-corrected chi connectivity index (χ4v) is 2.27. The average molecular weight is 241 g/mol. The molecule has 1 aliphatic rings. The lowest BCUT2D eigenvalue weighted by Gasteiger charge is -2.41. The Morgan fingerprint density at radius 1 is 1.41 bits per heavy atom. The van der Waals surface area contributed by atoms with E-state index in [-0.39, 0.29) is 17.5 Å². The van der Waals surface area contributed by atoms with Gasteiger partial charge in [0.1, 0.15) is 0 Å². The molecule has 1 heterocycles. The third-order valence-electron chi connectivity index (χ3n) is 3.32. The lowest BCUT2D eigenvalue weighted by Crippen LogP contribution is -2.51. The van der Waals surface area contributed by atoms with Gasteiger partial charge in [-0.3, -0.25) is 9.69 Å². The Morgan fingerprint density at radius 2 is 1.94 bits per heavy atom. The van der Waals surface area contributed by atoms with Gasteiger partial charge in [0.05, 0.1) is 0 Å². The number of piperidine rings is 1. The molecule has 1 fully saturated rings. The van der Waals surface area contributed by atoms with Crippen LogP contribution in [-0.4, -0.2) is 41.5 Å². The summed E-state index contributed by atoms with van der Waals surface area (Å²) in [5.74, 6) is 0.0919. The molecular weight excluding hydrogens is 214 g/mol. The molecule has 1 saturated heterocycles. The maximum Gasteiger partial charge on any atom is 0.221 e. The molecule has 0 radical (unpaired) electrons. The van der Waals surface area contributed by atoms with Crippen molar-refractivity contribution in [2.24, 2.45) is 5.73 Å². The highest BCUT2D eigenvalue weighted by Crippen LogP contribution is 2.20. The van der Waals surface area contributed by atoms with Crippen molar-refractivity contribution in [1.82, 2.24) is 10.2 Å². The minimum Gasteiger partial charge on any atom is -0.353 e. The molecule has 0 spiro atoms. The van der Waals surface area contributed by atoms with Gasteiger partial charge < -0.3 is 11.1 Å². The van der Waals surface area contributed by atoms with Gasteiger partial charge in [-0.25, -0.2) is 0 Å². The predicted molar refractivity (Wildman–Crippen MR) is 70.8 cm³/mol. The predicted octanol–water partition coefficient (Wildman–Crippen LogP) is 1.10. The minimum absolute atomic E-state index is 0.0512. The first-order valence-electron chi connectivity index (χ1n) is 6.59. The summed E-state index contributed by atoms with van der Waals surface area (Å²) < 4.78 is 0. The Kier molecular flexibility index (Phi) is 4.95. The van der Waals surface area contributed by atoms with Crippen molar-refractivity contribution in [1.29, 1.82) is 0 Å². The molecular formula is C13H27N3O. The van der Waals surface area contributed by atoms with Crippen LogP contribution in [0.15, 0.2) is 0 Å². The van der Waals surface area contributed by atoms with Crippen LogP contribution < -0.4 is 11.1 Å². The van der Waals surface area contributed by atoms with Crippen LogP contribution in [0.3, 0.4) is 0 Å². The summed E-state index contributed by atoms with van der Waals surface area (Å²) in [6.07, 6.45) is 2.52. The van der Waals surface area contributed by atoms with E-state index in [1.807, 2.05) is 6.92 Å². The monoisotopic (exact) mass is 241 g/mol. The SMILES string of the molecule is CC(N)CC(=O)NC1CCN(C(C)(C)C)CC1. The molecule has 0 aromatic rings. The van der Waals surface area contributed by atoms with Gasteiger partial charge in [0, 0.05) is 37.1 Å². The van der Waals surface area contributed by atoms with Crippen molar-refractivity contribution >= 4 is 5.91 Å². The van der Waals surface area contributed by atoms with E-state index in [4.69, 9.17) is 5.73 Å². The van der Waals surface area contributed by atoms with Crippen LogP contribution >= 0.6 is 0 Å². The molecule has 4 heteroatoms. The van der Waals surface area contributed by atoms with Crippen LogP contribution in [0.25, 0.3) is 0 Å². The van der Waals surface area contributed by atoms with E-state index in [0.717, 1.165) is 25.9 Å². The third kappa shape index (κ3) is 5.04. The van der Waals surface area contributed by atoms with E-state index in [1.54, 1.807) is 0 Å². The highest BCUT2D eigenvalue weighted by molar-refractivity contribution is 5.76. The van der Waals surface area contributed by atoms with Crippen molar-refractivity contribution < 1.29 is 4.79 Å². The molecule has 1 unspecified atom stereocenters. The molecule has 0 bridgehead atoms. The second kappa shape index (κ2) is 5.83. The number of nitrogens with two attached hydrogens (primary N) is 1. The number of amides is 1. The molecule has 3 N–H and O–H groups in total. The molecule has 0 saturated carbocycles. The molecule has 1 aliphatic heterocycles. The van der Waals surface area contributed by atoms with Crippen molar-refractivity contribution in [3.8, 4) is 0 Å². The Labute approximate surface area is 105 Å². The van der Waals surface area contributed by atoms with Crippen LogP contribution in [0.2, 0.25) is 0 Å². The first-order valence-corrected chi connectivity index (χ1v) is 6.59. The van der Waals surface area contributed by atoms with Gasteiger partial charge in [-0.15, -0.1) is 0 Å². The Balaban J connectivity index is 2.30. The van der Waals surface area contributed by atoms with Crippen LogP contribution in [0, 0.1) is 0 Å². The maximum absolute atomic E-state index is 11.6. The quantitative estimate of drug-likeness (QED) is 0.778. The normalized spacial score (nSPS) is 21.2. The molecule has 1 rings (SSSR count). The lowest BCUT2D eigenvalue weighted by atomic mass is 9.98. The van der Waals surface area contributed by atoms with Gasteiger partial charge in [0.2, 0.25) is 5.91 Å². The van der Waals surface area contributed by atoms with E-state index in [1.165, 1.54) is 0 Å². The highest BCUT2D eigenvalue weighted by Gasteiger charge is 2.27. The average Bonchev–Trinajstić information content (AvgIpc) is 2.15. The second-order valence-electron chi connectivity index (χ2n) is 6.18. The third-order valence-corrected chi connectivity index (χ3v) is 3.32. The van der Waals surface area contributed by atoms with Crippen molar-refractivity contribution in [3.63, 3.8) is 0 Å². The molecule has 4 nitrogen and oxygen atoms in total. The number of nitrogens with one attached hydrogen (secondary N) is 1. The summed E-state index contributed by atoms with van der Waals surface area (Å²) >= 11 is 0. The maximum atomic E-state index is 11.6. The zero-order chi connectivity index (χ0) is 13.1. The van der Waals surface area contributed by atoms with Crippen LogP contribution in [0.1, 0.15) is 47.0 Å². The molecule has 1 atom stereocenters. The van der Waals surface area contributed by atoms with Gasteiger partial charge in [-0.2, -0.15) is 0 Å². The summed E-state index contributed by atoms with van der Waals surface area (Å²) in [4.78, 5) is 14.1. The van der Waals surface area contributed by atoms with Gasteiger partial charge in [-0.05, 0) is 40.5 Å². The number of hydrogen-bond acceptors (Lipinski definition) is 3. The number of carbonyl (C=O) groups is 1. The van der Waals surface area contributed by atoms with Crippen molar-refractivity contribution in [2.75, 3.05) is 13.1 Å². The van der Waals surface area contributed by atoms with Crippen LogP contribution in [0.4, 0.5) is 0 Å². The second-order valence-corrected chi connectivity index (χ2v) is 6.18. The van der Waals surface area contributed by atoms with Gasteiger partial charge in [0.15, 0.2) is 0 Å².